The van der Waals surface area contributed by atoms with Gasteiger partial charge in [0.05, 0.1) is 17.9 Å². The van der Waals surface area contributed by atoms with E-state index in [1.54, 1.807) is 4.68 Å². The highest BCUT2D eigenvalue weighted by Crippen LogP contribution is 2.26. The predicted molar refractivity (Wildman–Crippen MR) is 88.1 cm³/mol. The van der Waals surface area contributed by atoms with Crippen molar-refractivity contribution in [1.82, 2.24) is 24.5 Å². The van der Waals surface area contributed by atoms with Gasteiger partial charge in [-0.25, -0.2) is 0 Å². The van der Waals surface area contributed by atoms with Gasteiger partial charge in [0.15, 0.2) is 0 Å². The molecule has 0 spiro atoms. The van der Waals surface area contributed by atoms with Crippen molar-refractivity contribution in [1.29, 1.82) is 0 Å². The van der Waals surface area contributed by atoms with Crippen LogP contribution in [0.3, 0.4) is 0 Å². The molecule has 3 rings (SSSR count). The van der Waals surface area contributed by atoms with Gasteiger partial charge in [-0.15, -0.1) is 0 Å². The van der Waals surface area contributed by atoms with Gasteiger partial charge in [-0.2, -0.15) is 10.2 Å². The molecule has 1 fully saturated rings. The molecule has 0 saturated carbocycles. The third-order valence-electron chi connectivity index (χ3n) is 4.62. The summed E-state index contributed by atoms with van der Waals surface area (Å²) in [6.45, 7) is 9.16. The van der Waals surface area contributed by atoms with Crippen molar-refractivity contribution in [3.8, 4) is 0 Å². The number of hydrogen-bond acceptors (Lipinski definition) is 3. The first kappa shape index (κ1) is 15.6. The predicted octanol–water partition coefficient (Wildman–Crippen LogP) is 2.86. The van der Waals surface area contributed by atoms with Crippen LogP contribution in [0.5, 0.6) is 0 Å². The Labute approximate surface area is 136 Å². The average molecular weight is 322 g/mol. The lowest BCUT2D eigenvalue weighted by Gasteiger charge is -2.25. The number of hydrogen-bond donors (Lipinski definition) is 0. The van der Waals surface area contributed by atoms with Crippen LogP contribution < -0.4 is 0 Å². The molecule has 0 aliphatic carbocycles. The van der Waals surface area contributed by atoms with Crippen LogP contribution in [0.1, 0.15) is 35.5 Å². The molecule has 1 saturated heterocycles. The SMILES string of the molecule is Cc1cc(C)n(CC2CCCN2Cc2c(C)nn(C)c2Cl)n1. The Balaban J connectivity index is 1.74. The Bertz CT molecular complexity index is 672. The van der Waals surface area contributed by atoms with Crippen molar-refractivity contribution >= 4 is 11.6 Å². The highest BCUT2D eigenvalue weighted by atomic mass is 35.5. The zero-order valence-electron chi connectivity index (χ0n) is 13.8. The molecule has 0 bridgehead atoms. The Hall–Kier alpha value is -1.33. The number of halogens is 1. The van der Waals surface area contributed by atoms with E-state index in [1.807, 2.05) is 14.0 Å². The van der Waals surface area contributed by atoms with Crippen LogP contribution >= 0.6 is 11.6 Å². The van der Waals surface area contributed by atoms with Crippen molar-refractivity contribution in [2.24, 2.45) is 7.05 Å². The standard InChI is InChI=1S/C16H24ClN5/c1-11-8-12(2)22(18-11)9-14-6-5-7-21(14)10-15-13(3)19-20(4)16(15)17/h8,14H,5-7,9-10H2,1-4H3. The van der Waals surface area contributed by atoms with Gasteiger partial charge < -0.3 is 0 Å². The van der Waals surface area contributed by atoms with Crippen LogP contribution in [-0.2, 0) is 20.1 Å². The van der Waals surface area contributed by atoms with Crippen LogP contribution in [0.15, 0.2) is 6.07 Å². The summed E-state index contributed by atoms with van der Waals surface area (Å²) in [6.07, 6.45) is 2.45. The molecule has 0 radical (unpaired) electrons. The monoisotopic (exact) mass is 321 g/mol. The molecule has 1 atom stereocenters. The highest BCUT2D eigenvalue weighted by molar-refractivity contribution is 6.30. The largest absolute Gasteiger partial charge is 0.294 e. The lowest BCUT2D eigenvalue weighted by molar-refractivity contribution is 0.217. The fraction of sp³-hybridized carbons (Fsp3) is 0.625. The van der Waals surface area contributed by atoms with Gasteiger partial charge >= 0.3 is 0 Å². The minimum Gasteiger partial charge on any atom is -0.294 e. The third kappa shape index (κ3) is 2.92. The minimum atomic E-state index is 0.522. The summed E-state index contributed by atoms with van der Waals surface area (Å²) in [4.78, 5) is 2.52. The lowest BCUT2D eigenvalue weighted by atomic mass is 10.2. The van der Waals surface area contributed by atoms with Gasteiger partial charge in [0.2, 0.25) is 0 Å². The zero-order valence-corrected chi connectivity index (χ0v) is 14.6. The second kappa shape index (κ2) is 6.05. The number of aromatic nitrogens is 4. The van der Waals surface area contributed by atoms with E-state index >= 15 is 0 Å². The summed E-state index contributed by atoms with van der Waals surface area (Å²) >= 11 is 6.39. The van der Waals surface area contributed by atoms with Gasteiger partial charge in [0.25, 0.3) is 0 Å². The van der Waals surface area contributed by atoms with Crippen LogP contribution in [0.2, 0.25) is 5.15 Å². The molecular formula is C16H24ClN5. The van der Waals surface area contributed by atoms with Crippen molar-refractivity contribution in [2.75, 3.05) is 6.54 Å². The number of aryl methyl sites for hydroxylation is 4. The smallest absolute Gasteiger partial charge is 0.131 e. The molecular weight excluding hydrogens is 298 g/mol. The van der Waals surface area contributed by atoms with E-state index in [-0.39, 0.29) is 0 Å². The Morgan fingerprint density at radius 2 is 2.05 bits per heavy atom. The van der Waals surface area contributed by atoms with Gasteiger partial charge in [-0.05, 0) is 46.2 Å². The van der Waals surface area contributed by atoms with Crippen molar-refractivity contribution < 1.29 is 0 Å². The number of nitrogens with zero attached hydrogens (tertiary/aromatic N) is 5. The summed E-state index contributed by atoms with van der Waals surface area (Å²) in [5.74, 6) is 0. The molecule has 2 aromatic rings. The molecule has 0 N–H and O–H groups in total. The molecule has 0 amide bonds. The second-order valence-corrected chi connectivity index (χ2v) is 6.71. The molecule has 3 heterocycles. The second-order valence-electron chi connectivity index (χ2n) is 6.35. The lowest BCUT2D eigenvalue weighted by Crippen LogP contribution is -2.33. The van der Waals surface area contributed by atoms with Crippen LogP contribution in [0, 0.1) is 20.8 Å². The van der Waals surface area contributed by atoms with E-state index < -0.39 is 0 Å². The quantitative estimate of drug-likeness (QED) is 0.869. The van der Waals surface area contributed by atoms with E-state index in [9.17, 15) is 0 Å². The van der Waals surface area contributed by atoms with E-state index in [4.69, 9.17) is 11.6 Å². The maximum Gasteiger partial charge on any atom is 0.131 e. The van der Waals surface area contributed by atoms with Crippen molar-refractivity contribution in [3.05, 3.63) is 33.9 Å². The Morgan fingerprint density at radius 3 is 2.64 bits per heavy atom. The van der Waals surface area contributed by atoms with Crippen LogP contribution in [-0.4, -0.2) is 37.0 Å². The van der Waals surface area contributed by atoms with E-state index in [1.165, 1.54) is 18.5 Å². The third-order valence-corrected chi connectivity index (χ3v) is 5.09. The van der Waals surface area contributed by atoms with Crippen LogP contribution in [0.25, 0.3) is 0 Å². The van der Waals surface area contributed by atoms with Gasteiger partial charge in [-0.1, -0.05) is 11.6 Å². The fourth-order valence-electron chi connectivity index (χ4n) is 3.43. The molecule has 5 nitrogen and oxygen atoms in total. The van der Waals surface area contributed by atoms with E-state index in [2.05, 4.69) is 39.7 Å². The summed E-state index contributed by atoms with van der Waals surface area (Å²) in [5, 5.41) is 9.78. The topological polar surface area (TPSA) is 38.9 Å². The number of likely N-dealkylation sites (tertiary alicyclic amines) is 1. The summed E-state index contributed by atoms with van der Waals surface area (Å²) in [5.41, 5.74) is 4.52. The first-order chi connectivity index (χ1) is 10.5. The Morgan fingerprint density at radius 1 is 1.27 bits per heavy atom. The normalized spacial score (nSPS) is 19.2. The molecule has 0 aromatic carbocycles. The zero-order chi connectivity index (χ0) is 15.9. The maximum absolute atomic E-state index is 6.39. The fourth-order valence-corrected chi connectivity index (χ4v) is 3.66. The van der Waals surface area contributed by atoms with Gasteiger partial charge in [0, 0.05) is 30.9 Å². The Kier molecular flexibility index (Phi) is 4.28. The summed E-state index contributed by atoms with van der Waals surface area (Å²) in [7, 11) is 1.90. The first-order valence-electron chi connectivity index (χ1n) is 7.88. The molecule has 6 heteroatoms. The molecule has 2 aromatic heterocycles. The highest BCUT2D eigenvalue weighted by Gasteiger charge is 2.27. The minimum absolute atomic E-state index is 0.522. The van der Waals surface area contributed by atoms with Gasteiger partial charge in [-0.3, -0.25) is 14.3 Å². The molecule has 1 unspecified atom stereocenters. The average Bonchev–Trinajstić information content (AvgIpc) is 3.08. The first-order valence-corrected chi connectivity index (χ1v) is 8.26. The molecule has 120 valence electrons. The van der Waals surface area contributed by atoms with Gasteiger partial charge in [0.1, 0.15) is 5.15 Å². The van der Waals surface area contributed by atoms with Crippen LogP contribution in [0.4, 0.5) is 0 Å². The molecule has 1 aliphatic rings. The van der Waals surface area contributed by atoms with Crippen molar-refractivity contribution in [2.45, 2.75) is 52.7 Å². The summed E-state index contributed by atoms with van der Waals surface area (Å²) < 4.78 is 3.90. The number of rotatable bonds is 4. The summed E-state index contributed by atoms with van der Waals surface area (Å²) in [6, 6.07) is 2.66. The van der Waals surface area contributed by atoms with Crippen molar-refractivity contribution in [3.63, 3.8) is 0 Å². The molecule has 1 aliphatic heterocycles. The molecule has 22 heavy (non-hydrogen) atoms. The van der Waals surface area contributed by atoms with E-state index in [0.29, 0.717) is 6.04 Å². The maximum atomic E-state index is 6.39. The van der Waals surface area contributed by atoms with E-state index in [0.717, 1.165) is 41.7 Å².